The molecule has 0 aromatic heterocycles. The average molecular weight is 1120 g/mol. The van der Waals surface area contributed by atoms with Crippen molar-refractivity contribution in [3.63, 3.8) is 0 Å². The first-order valence-corrected chi connectivity index (χ1v) is 26.5. The molecule has 3 fully saturated rings. The lowest BCUT2D eigenvalue weighted by Gasteiger charge is -2.46. The van der Waals surface area contributed by atoms with Gasteiger partial charge in [0.15, 0.2) is 0 Å². The first-order chi connectivity index (χ1) is 32.4. The van der Waals surface area contributed by atoms with E-state index in [2.05, 4.69) is 205 Å². The summed E-state index contributed by atoms with van der Waals surface area (Å²) in [5.41, 5.74) is 11.2. The van der Waals surface area contributed by atoms with Crippen molar-refractivity contribution in [1.82, 2.24) is 0 Å². The highest BCUT2D eigenvalue weighted by Gasteiger charge is 2.47. The predicted molar refractivity (Wildman–Crippen MR) is 288 cm³/mol. The lowest BCUT2D eigenvalue weighted by Crippen LogP contribution is -2.43. The number of hydrogen-bond donors (Lipinski definition) is 1. The summed E-state index contributed by atoms with van der Waals surface area (Å²) in [4.78, 5) is 0. The minimum absolute atomic E-state index is 0.210. The van der Waals surface area contributed by atoms with E-state index in [-0.39, 0.29) is 24.4 Å². The van der Waals surface area contributed by atoms with Crippen molar-refractivity contribution in [2.75, 3.05) is 27.8 Å². The molecule has 0 saturated heterocycles. The van der Waals surface area contributed by atoms with Gasteiger partial charge in [0.05, 0.1) is 16.8 Å². The molecular formula is C60H66I2O5. The van der Waals surface area contributed by atoms with Gasteiger partial charge >= 0.3 is 0 Å². The number of aliphatic hydroxyl groups is 1. The third kappa shape index (κ3) is 10.4. The first-order valence-electron chi connectivity index (χ1n) is 24.3. The van der Waals surface area contributed by atoms with E-state index in [0.29, 0.717) is 5.92 Å². The quantitative estimate of drug-likeness (QED) is 0.0870. The molecule has 3 aliphatic rings. The molecule has 0 aliphatic heterocycles. The highest BCUT2D eigenvalue weighted by molar-refractivity contribution is 14.1. The van der Waals surface area contributed by atoms with Gasteiger partial charge in [-0.15, -0.1) is 0 Å². The Bertz CT molecular complexity index is 2530. The zero-order valence-electron chi connectivity index (χ0n) is 39.7. The van der Waals surface area contributed by atoms with Crippen LogP contribution >= 0.6 is 45.2 Å². The molecule has 0 spiro atoms. The number of rotatable bonds is 14. The van der Waals surface area contributed by atoms with E-state index >= 15 is 0 Å². The van der Waals surface area contributed by atoms with Crippen LogP contribution in [0.15, 0.2) is 146 Å². The Hall–Kier alpha value is -3.42. The van der Waals surface area contributed by atoms with Crippen LogP contribution in [0.4, 0.5) is 0 Å². The third-order valence-corrected chi connectivity index (χ3v) is 17.9. The maximum Gasteiger partial charge on any atom is 0.147 e. The van der Waals surface area contributed by atoms with E-state index in [0.717, 1.165) is 73.6 Å². The van der Waals surface area contributed by atoms with Crippen LogP contribution in [0.1, 0.15) is 130 Å². The Morgan fingerprint density at radius 1 is 0.418 bits per heavy atom. The molecule has 6 aromatic rings. The van der Waals surface area contributed by atoms with Crippen LogP contribution in [-0.4, -0.2) is 32.9 Å². The molecule has 0 unspecified atom stereocenters. The Balaban J connectivity index is 0.799. The van der Waals surface area contributed by atoms with Gasteiger partial charge < -0.3 is 24.1 Å². The van der Waals surface area contributed by atoms with Crippen LogP contribution < -0.4 is 0 Å². The summed E-state index contributed by atoms with van der Waals surface area (Å²) >= 11 is 4.75. The van der Waals surface area contributed by atoms with Gasteiger partial charge in [0.25, 0.3) is 0 Å². The molecule has 1 N–H and O–H groups in total. The summed E-state index contributed by atoms with van der Waals surface area (Å²) in [6.45, 7) is 5.39. The van der Waals surface area contributed by atoms with E-state index in [4.69, 9.17) is 18.9 Å². The summed E-state index contributed by atoms with van der Waals surface area (Å²) in [5.74, 6) is 0.447. The van der Waals surface area contributed by atoms with Gasteiger partial charge in [0.2, 0.25) is 0 Å². The molecule has 0 amide bonds. The first kappa shape index (κ1) is 48.6. The van der Waals surface area contributed by atoms with Crippen molar-refractivity contribution < 1.29 is 24.1 Å². The minimum Gasteiger partial charge on any atom is -0.385 e. The van der Waals surface area contributed by atoms with Crippen LogP contribution in [0, 0.1) is 7.14 Å². The second kappa shape index (κ2) is 20.5. The summed E-state index contributed by atoms with van der Waals surface area (Å²) in [6, 6.07) is 53.9. The fourth-order valence-electron chi connectivity index (χ4n) is 11.6. The van der Waals surface area contributed by atoms with E-state index in [1.54, 1.807) is 14.2 Å². The maximum absolute atomic E-state index is 12.0. The Labute approximate surface area is 426 Å². The molecule has 0 radical (unpaired) electrons. The molecular weight excluding hydrogens is 1050 g/mol. The van der Waals surface area contributed by atoms with Crippen LogP contribution in [0.2, 0.25) is 0 Å². The molecule has 5 nitrogen and oxygen atoms in total. The Morgan fingerprint density at radius 2 is 0.731 bits per heavy atom. The van der Waals surface area contributed by atoms with Crippen LogP contribution in [0.3, 0.4) is 0 Å². The fraction of sp³-hybridized carbons (Fsp3) is 0.400. The van der Waals surface area contributed by atoms with Gasteiger partial charge in [-0.1, -0.05) is 135 Å². The molecule has 350 valence electrons. The van der Waals surface area contributed by atoms with Gasteiger partial charge in [-0.05, 0) is 219 Å². The topological polar surface area (TPSA) is 57.2 Å². The largest absolute Gasteiger partial charge is 0.385 e. The lowest BCUT2D eigenvalue weighted by molar-refractivity contribution is -0.203. The molecule has 0 atom stereocenters. The van der Waals surface area contributed by atoms with E-state index in [9.17, 15) is 5.11 Å². The molecule has 3 saturated carbocycles. The molecule has 7 heteroatoms. The summed E-state index contributed by atoms with van der Waals surface area (Å²) in [7, 11) is 3.36. The molecule has 0 bridgehead atoms. The van der Waals surface area contributed by atoms with Gasteiger partial charge in [-0.3, -0.25) is 0 Å². The van der Waals surface area contributed by atoms with E-state index in [1.807, 2.05) is 0 Å². The van der Waals surface area contributed by atoms with Gasteiger partial charge in [0.1, 0.15) is 13.6 Å². The van der Waals surface area contributed by atoms with Crippen molar-refractivity contribution >= 4 is 45.2 Å². The molecule has 3 aliphatic carbocycles. The number of benzene rings is 6. The van der Waals surface area contributed by atoms with Gasteiger partial charge in [0, 0.05) is 21.4 Å². The van der Waals surface area contributed by atoms with Crippen LogP contribution in [-0.2, 0) is 46.6 Å². The van der Waals surface area contributed by atoms with Crippen LogP contribution in [0.25, 0.3) is 22.3 Å². The number of methoxy groups -OCH3 is 2. The number of halogens is 2. The van der Waals surface area contributed by atoms with Crippen molar-refractivity contribution in [2.24, 2.45) is 0 Å². The smallest absolute Gasteiger partial charge is 0.147 e. The summed E-state index contributed by atoms with van der Waals surface area (Å²) in [6.07, 6.45) is 11.4. The maximum atomic E-state index is 12.0. The van der Waals surface area contributed by atoms with Crippen molar-refractivity contribution in [3.05, 3.63) is 186 Å². The fourth-order valence-corrected chi connectivity index (χ4v) is 12.4. The standard InChI is InChI=1S/C60H66I2O5/c1-56(33-35-57(2,36-34-56)50-21-25-54(61)26-22-50)49-15-9-45(10-16-49)43-5-7-44(8-6-43)48-29-31-58(63,32-30-48)51-17-11-46(12-18-51)47-13-19-52(20-14-47)59(66-41-64-3)37-39-60(40-38-59,67-42-65-4)53-23-27-55(62)28-24-53/h5-28,48,63H,29-42H2,1-4H3. The monoisotopic (exact) mass is 1120 g/mol. The Kier molecular flexibility index (Phi) is 14.9. The van der Waals surface area contributed by atoms with E-state index in [1.165, 1.54) is 66.2 Å². The Morgan fingerprint density at radius 3 is 1.10 bits per heavy atom. The van der Waals surface area contributed by atoms with Gasteiger partial charge in [-0.2, -0.15) is 0 Å². The summed E-state index contributed by atoms with van der Waals surface area (Å²) < 4.78 is 26.4. The molecule has 6 aromatic carbocycles. The van der Waals surface area contributed by atoms with Gasteiger partial charge in [-0.25, -0.2) is 0 Å². The average Bonchev–Trinajstić information content (AvgIpc) is 3.37. The van der Waals surface area contributed by atoms with Crippen LogP contribution in [0.5, 0.6) is 0 Å². The SMILES string of the molecule is COCOC1(c2ccc(I)cc2)CCC(OCOC)(c2ccc(-c3ccc(C4(O)CCC(c5ccc(-c6ccc(C7(C)CCC(C)(c8ccc(I)cc8)CC7)cc6)cc5)CC4)cc3)cc2)CC1. The zero-order valence-corrected chi connectivity index (χ0v) is 44.0. The van der Waals surface area contributed by atoms with Crippen molar-refractivity contribution in [2.45, 2.75) is 124 Å². The number of hydrogen-bond acceptors (Lipinski definition) is 5. The second-order valence-corrected chi connectivity index (χ2v) is 22.9. The van der Waals surface area contributed by atoms with Crippen molar-refractivity contribution in [3.8, 4) is 22.3 Å². The molecule has 9 rings (SSSR count). The molecule has 67 heavy (non-hydrogen) atoms. The lowest BCUT2D eigenvalue weighted by atomic mass is 9.60. The summed E-state index contributed by atoms with van der Waals surface area (Å²) in [5, 5.41) is 12.0. The molecule has 0 heterocycles. The second-order valence-electron chi connectivity index (χ2n) is 20.4. The van der Waals surface area contributed by atoms with E-state index < -0.39 is 16.8 Å². The third-order valence-electron chi connectivity index (χ3n) is 16.4. The highest BCUT2D eigenvalue weighted by Crippen LogP contribution is 2.51. The predicted octanol–water partition coefficient (Wildman–Crippen LogP) is 15.5. The highest BCUT2D eigenvalue weighted by atomic mass is 127. The number of ether oxygens (including phenoxy) is 4. The van der Waals surface area contributed by atoms with Crippen molar-refractivity contribution in [1.29, 1.82) is 0 Å². The minimum atomic E-state index is -0.818. The zero-order chi connectivity index (χ0) is 46.7. The normalized spacial score (nSPS) is 27.7.